The number of nitrogens with two attached hydrogens (primary N) is 1. The molecular weight excluding hydrogens is 374 g/mol. The number of rotatable bonds is 5. The van der Waals surface area contributed by atoms with E-state index < -0.39 is 5.91 Å². The van der Waals surface area contributed by atoms with Crippen molar-refractivity contribution >= 4 is 17.9 Å². The minimum absolute atomic E-state index is 0.450. The van der Waals surface area contributed by atoms with E-state index in [1.807, 2.05) is 60.7 Å². The molecule has 1 amide bonds. The van der Waals surface area contributed by atoms with Crippen molar-refractivity contribution in [2.75, 3.05) is 38.1 Å². The van der Waals surface area contributed by atoms with Gasteiger partial charge in [-0.15, -0.1) is 0 Å². The molecule has 5 nitrogen and oxygen atoms in total. The minimum Gasteiger partial charge on any atom is -0.368 e. The van der Waals surface area contributed by atoms with Crippen molar-refractivity contribution in [2.45, 2.75) is 0 Å². The molecule has 0 atom stereocenters. The Morgan fingerprint density at radius 1 is 0.867 bits per heavy atom. The standard InChI is InChI=1S/C25H25N3O2/c1-27-11-13-28(14-12-27)24-10-7-18(17-29)15-23(24)22-16-20(25(26)30)8-9-21(22)19-5-3-2-4-6-19/h2-10,15-17H,11-14H2,1H3,(H2,26,30). The first-order valence-corrected chi connectivity index (χ1v) is 10.1. The first kappa shape index (κ1) is 19.9. The summed E-state index contributed by atoms with van der Waals surface area (Å²) in [6, 6.07) is 21.4. The summed E-state index contributed by atoms with van der Waals surface area (Å²) >= 11 is 0. The Balaban J connectivity index is 1.93. The molecule has 0 bridgehead atoms. The molecule has 1 fully saturated rings. The number of nitrogens with zero attached hydrogens (tertiary/aromatic N) is 2. The van der Waals surface area contributed by atoms with Crippen molar-refractivity contribution in [1.82, 2.24) is 4.90 Å². The number of benzene rings is 3. The Morgan fingerprint density at radius 2 is 1.60 bits per heavy atom. The third-order valence-corrected chi connectivity index (χ3v) is 5.68. The van der Waals surface area contributed by atoms with Crippen LogP contribution in [0.5, 0.6) is 0 Å². The molecule has 0 unspecified atom stereocenters. The van der Waals surface area contributed by atoms with Crippen LogP contribution < -0.4 is 10.6 Å². The number of aldehydes is 1. The van der Waals surface area contributed by atoms with Crippen LogP contribution >= 0.6 is 0 Å². The van der Waals surface area contributed by atoms with Gasteiger partial charge in [0.05, 0.1) is 0 Å². The quantitative estimate of drug-likeness (QED) is 0.665. The van der Waals surface area contributed by atoms with Crippen molar-refractivity contribution in [3.8, 4) is 22.3 Å². The van der Waals surface area contributed by atoms with E-state index in [0.29, 0.717) is 11.1 Å². The Bertz CT molecular complexity index is 1070. The molecule has 4 rings (SSSR count). The lowest BCUT2D eigenvalue weighted by Gasteiger charge is -2.35. The lowest BCUT2D eigenvalue weighted by atomic mass is 9.90. The molecule has 30 heavy (non-hydrogen) atoms. The number of carbonyl (C=O) groups excluding carboxylic acids is 2. The molecule has 0 aliphatic carbocycles. The first-order valence-electron chi connectivity index (χ1n) is 10.1. The summed E-state index contributed by atoms with van der Waals surface area (Å²) < 4.78 is 0. The lowest BCUT2D eigenvalue weighted by Crippen LogP contribution is -2.44. The number of carbonyl (C=O) groups is 2. The summed E-state index contributed by atoms with van der Waals surface area (Å²) in [5, 5.41) is 0. The SMILES string of the molecule is CN1CCN(c2ccc(C=O)cc2-c2cc(C(N)=O)ccc2-c2ccccc2)CC1. The van der Waals surface area contributed by atoms with Crippen molar-refractivity contribution in [1.29, 1.82) is 0 Å². The van der Waals surface area contributed by atoms with Crippen LogP contribution in [0.4, 0.5) is 5.69 Å². The third kappa shape index (κ3) is 3.98. The number of likely N-dealkylation sites (N-methyl/N-ethyl adjacent to an activating group) is 1. The highest BCUT2D eigenvalue weighted by atomic mass is 16.1. The van der Waals surface area contributed by atoms with Crippen LogP contribution in [0.3, 0.4) is 0 Å². The smallest absolute Gasteiger partial charge is 0.248 e. The summed E-state index contributed by atoms with van der Waals surface area (Å²) in [5.41, 5.74) is 11.6. The normalized spacial score (nSPS) is 14.5. The molecule has 1 aliphatic rings. The van der Waals surface area contributed by atoms with Crippen LogP contribution in [-0.2, 0) is 0 Å². The van der Waals surface area contributed by atoms with Crippen molar-refractivity contribution in [3.05, 3.63) is 77.9 Å². The molecule has 3 aromatic carbocycles. The zero-order valence-electron chi connectivity index (χ0n) is 17.0. The van der Waals surface area contributed by atoms with E-state index >= 15 is 0 Å². The molecule has 1 heterocycles. The van der Waals surface area contributed by atoms with Crippen LogP contribution in [0.2, 0.25) is 0 Å². The van der Waals surface area contributed by atoms with Gasteiger partial charge in [0, 0.05) is 48.6 Å². The maximum absolute atomic E-state index is 11.9. The number of hydrogen-bond acceptors (Lipinski definition) is 4. The molecule has 0 saturated carbocycles. The third-order valence-electron chi connectivity index (χ3n) is 5.68. The number of amides is 1. The second kappa shape index (κ2) is 8.51. The Kier molecular flexibility index (Phi) is 5.63. The van der Waals surface area contributed by atoms with Gasteiger partial charge in [0.1, 0.15) is 6.29 Å². The molecule has 1 aliphatic heterocycles. The van der Waals surface area contributed by atoms with E-state index in [-0.39, 0.29) is 0 Å². The zero-order chi connectivity index (χ0) is 21.1. The number of primary amides is 1. The van der Waals surface area contributed by atoms with E-state index in [0.717, 1.165) is 60.4 Å². The van der Waals surface area contributed by atoms with Gasteiger partial charge >= 0.3 is 0 Å². The topological polar surface area (TPSA) is 66.6 Å². The molecule has 0 radical (unpaired) electrons. The minimum atomic E-state index is -0.469. The van der Waals surface area contributed by atoms with Gasteiger partial charge in [-0.05, 0) is 54.1 Å². The highest BCUT2D eigenvalue weighted by molar-refractivity contribution is 5.99. The number of piperazine rings is 1. The maximum Gasteiger partial charge on any atom is 0.248 e. The Morgan fingerprint density at radius 3 is 2.27 bits per heavy atom. The van der Waals surface area contributed by atoms with Gasteiger partial charge in [-0.3, -0.25) is 9.59 Å². The van der Waals surface area contributed by atoms with Gasteiger partial charge in [0.2, 0.25) is 5.91 Å². The highest BCUT2D eigenvalue weighted by Crippen LogP contribution is 2.39. The van der Waals surface area contributed by atoms with E-state index in [9.17, 15) is 9.59 Å². The summed E-state index contributed by atoms with van der Waals surface area (Å²) in [6.45, 7) is 3.75. The average molecular weight is 399 g/mol. The van der Waals surface area contributed by atoms with Gasteiger partial charge in [0.15, 0.2) is 0 Å². The Labute approximate surface area is 176 Å². The average Bonchev–Trinajstić information content (AvgIpc) is 2.79. The fourth-order valence-corrected chi connectivity index (χ4v) is 3.96. The van der Waals surface area contributed by atoms with Crippen molar-refractivity contribution < 1.29 is 9.59 Å². The van der Waals surface area contributed by atoms with Crippen molar-refractivity contribution in [3.63, 3.8) is 0 Å². The van der Waals surface area contributed by atoms with E-state index in [2.05, 4.69) is 16.8 Å². The van der Waals surface area contributed by atoms with Crippen molar-refractivity contribution in [2.24, 2.45) is 5.73 Å². The van der Waals surface area contributed by atoms with Crippen LogP contribution in [-0.4, -0.2) is 50.3 Å². The fraction of sp³-hybridized carbons (Fsp3) is 0.200. The van der Waals surface area contributed by atoms with Gasteiger partial charge in [0.25, 0.3) is 0 Å². The molecule has 0 aromatic heterocycles. The predicted molar refractivity (Wildman–Crippen MR) is 121 cm³/mol. The van der Waals surface area contributed by atoms with Crippen LogP contribution in [0.15, 0.2) is 66.7 Å². The fourth-order valence-electron chi connectivity index (χ4n) is 3.96. The predicted octanol–water partition coefficient (Wildman–Crippen LogP) is 3.68. The number of anilines is 1. The van der Waals surface area contributed by atoms with E-state index in [1.54, 1.807) is 6.07 Å². The number of hydrogen-bond donors (Lipinski definition) is 1. The first-order chi connectivity index (χ1) is 14.6. The monoisotopic (exact) mass is 399 g/mol. The maximum atomic E-state index is 11.9. The molecule has 3 aromatic rings. The zero-order valence-corrected chi connectivity index (χ0v) is 17.0. The molecule has 1 saturated heterocycles. The van der Waals surface area contributed by atoms with Gasteiger partial charge < -0.3 is 15.5 Å². The summed E-state index contributed by atoms with van der Waals surface area (Å²) in [4.78, 5) is 28.1. The van der Waals surface area contributed by atoms with Crippen LogP contribution in [0, 0.1) is 0 Å². The summed E-state index contributed by atoms with van der Waals surface area (Å²) in [5.74, 6) is -0.469. The summed E-state index contributed by atoms with van der Waals surface area (Å²) in [7, 11) is 2.12. The van der Waals surface area contributed by atoms with Crippen LogP contribution in [0.1, 0.15) is 20.7 Å². The van der Waals surface area contributed by atoms with Crippen LogP contribution in [0.25, 0.3) is 22.3 Å². The second-order valence-electron chi connectivity index (χ2n) is 7.68. The van der Waals surface area contributed by atoms with Gasteiger partial charge in [-0.25, -0.2) is 0 Å². The molecule has 2 N–H and O–H groups in total. The molecule has 5 heteroatoms. The molecular formula is C25H25N3O2. The van der Waals surface area contributed by atoms with E-state index in [4.69, 9.17) is 5.73 Å². The Hall–Kier alpha value is -3.44. The second-order valence-corrected chi connectivity index (χ2v) is 7.68. The molecule has 0 spiro atoms. The molecule has 152 valence electrons. The van der Waals surface area contributed by atoms with Gasteiger partial charge in [-0.1, -0.05) is 36.4 Å². The largest absolute Gasteiger partial charge is 0.368 e. The highest BCUT2D eigenvalue weighted by Gasteiger charge is 2.20. The lowest BCUT2D eigenvalue weighted by molar-refractivity contribution is 0.1000. The van der Waals surface area contributed by atoms with E-state index in [1.165, 1.54) is 0 Å². The summed E-state index contributed by atoms with van der Waals surface area (Å²) in [6.07, 6.45) is 0.859. The van der Waals surface area contributed by atoms with Gasteiger partial charge in [-0.2, -0.15) is 0 Å².